The summed E-state index contributed by atoms with van der Waals surface area (Å²) < 4.78 is 0. The highest BCUT2D eigenvalue weighted by Gasteiger charge is 2.29. The first-order valence-electron chi connectivity index (χ1n) is 11.2. The van der Waals surface area contributed by atoms with E-state index in [0.717, 1.165) is 43.1 Å². The summed E-state index contributed by atoms with van der Waals surface area (Å²) in [5.41, 5.74) is 2.56. The third kappa shape index (κ3) is 5.67. The van der Waals surface area contributed by atoms with E-state index in [-0.39, 0.29) is 17.4 Å². The fourth-order valence-electron chi connectivity index (χ4n) is 4.30. The average Bonchev–Trinajstić information content (AvgIpc) is 3.58. The number of carbonyl (C=O) groups is 2. The molecule has 2 heterocycles. The van der Waals surface area contributed by atoms with E-state index in [1.54, 1.807) is 24.4 Å². The summed E-state index contributed by atoms with van der Waals surface area (Å²) in [6, 6.07) is 6.80. The first-order valence-corrected chi connectivity index (χ1v) is 11.2. The molecule has 1 aliphatic heterocycles. The second-order valence-corrected chi connectivity index (χ2v) is 8.75. The van der Waals surface area contributed by atoms with E-state index in [4.69, 9.17) is 5.11 Å². The van der Waals surface area contributed by atoms with Crippen molar-refractivity contribution >= 4 is 11.9 Å². The lowest BCUT2D eigenvalue weighted by Gasteiger charge is -2.32. The molecule has 1 aliphatic carbocycles. The van der Waals surface area contributed by atoms with Crippen molar-refractivity contribution < 1.29 is 14.7 Å². The van der Waals surface area contributed by atoms with Crippen molar-refractivity contribution in [1.29, 1.82) is 0 Å². The standard InChI is InChI=1S/C24H30N4O3/c1-16-26-14-21(22(27-16)19-8-11-28(12-9-19)15-18-5-6-18)23(29)25-10-7-17-3-2-4-20(13-17)24(30)31/h2-4,13-14,18-19H,5-12,15H2,1H3,(H,25,29)(H,30,31). The van der Waals surface area contributed by atoms with Crippen LogP contribution in [0.15, 0.2) is 30.5 Å². The number of hydrogen-bond donors (Lipinski definition) is 2. The summed E-state index contributed by atoms with van der Waals surface area (Å²) in [6.07, 6.45) is 6.99. The maximum Gasteiger partial charge on any atom is 0.335 e. The summed E-state index contributed by atoms with van der Waals surface area (Å²) in [7, 11) is 0. The number of aromatic carboxylic acids is 1. The third-order valence-corrected chi connectivity index (χ3v) is 6.24. The molecule has 2 aromatic rings. The number of aromatic nitrogens is 2. The highest BCUT2D eigenvalue weighted by molar-refractivity contribution is 5.95. The van der Waals surface area contributed by atoms with E-state index in [2.05, 4.69) is 20.2 Å². The monoisotopic (exact) mass is 422 g/mol. The zero-order valence-electron chi connectivity index (χ0n) is 18.0. The number of nitrogens with one attached hydrogen (secondary N) is 1. The van der Waals surface area contributed by atoms with E-state index < -0.39 is 5.97 Å². The Morgan fingerprint density at radius 1 is 1.19 bits per heavy atom. The molecule has 7 heteroatoms. The SMILES string of the molecule is Cc1ncc(C(=O)NCCc2cccc(C(=O)O)c2)c(C2CCN(CC3CC3)CC2)n1. The van der Waals surface area contributed by atoms with Gasteiger partial charge in [0.05, 0.1) is 16.8 Å². The van der Waals surface area contributed by atoms with E-state index in [1.807, 2.05) is 13.0 Å². The average molecular weight is 423 g/mol. The highest BCUT2D eigenvalue weighted by atomic mass is 16.4. The van der Waals surface area contributed by atoms with E-state index >= 15 is 0 Å². The Balaban J connectivity index is 1.37. The van der Waals surface area contributed by atoms with Crippen LogP contribution >= 0.6 is 0 Å². The van der Waals surface area contributed by atoms with Gasteiger partial charge in [-0.15, -0.1) is 0 Å². The number of piperidine rings is 1. The van der Waals surface area contributed by atoms with Gasteiger partial charge >= 0.3 is 5.97 Å². The summed E-state index contributed by atoms with van der Waals surface area (Å²) in [5, 5.41) is 12.1. The summed E-state index contributed by atoms with van der Waals surface area (Å²) >= 11 is 0. The van der Waals surface area contributed by atoms with E-state index in [0.29, 0.717) is 24.4 Å². The van der Waals surface area contributed by atoms with Crippen LogP contribution in [0, 0.1) is 12.8 Å². The minimum absolute atomic E-state index is 0.162. The van der Waals surface area contributed by atoms with Crippen LogP contribution in [-0.2, 0) is 6.42 Å². The van der Waals surface area contributed by atoms with Crippen molar-refractivity contribution in [3.63, 3.8) is 0 Å². The smallest absolute Gasteiger partial charge is 0.335 e. The van der Waals surface area contributed by atoms with Gasteiger partial charge in [-0.3, -0.25) is 4.79 Å². The fourth-order valence-corrected chi connectivity index (χ4v) is 4.30. The molecule has 2 fully saturated rings. The molecule has 1 saturated heterocycles. The fraction of sp³-hybridized carbons (Fsp3) is 0.500. The van der Waals surface area contributed by atoms with Crippen LogP contribution in [0.3, 0.4) is 0 Å². The molecule has 0 unspecified atom stereocenters. The molecule has 0 spiro atoms. The van der Waals surface area contributed by atoms with E-state index in [1.165, 1.54) is 19.4 Å². The van der Waals surface area contributed by atoms with Gasteiger partial charge in [0.15, 0.2) is 0 Å². The van der Waals surface area contributed by atoms with Gasteiger partial charge in [-0.25, -0.2) is 14.8 Å². The Morgan fingerprint density at radius 2 is 1.97 bits per heavy atom. The summed E-state index contributed by atoms with van der Waals surface area (Å²) in [4.78, 5) is 35.5. The van der Waals surface area contributed by atoms with Gasteiger partial charge in [0.1, 0.15) is 5.82 Å². The summed E-state index contributed by atoms with van der Waals surface area (Å²) in [5.74, 6) is 0.762. The molecule has 2 N–H and O–H groups in total. The summed E-state index contributed by atoms with van der Waals surface area (Å²) in [6.45, 7) is 5.63. The first kappa shape index (κ1) is 21.4. The highest BCUT2D eigenvalue weighted by Crippen LogP contribution is 2.33. The van der Waals surface area contributed by atoms with Crippen molar-refractivity contribution in [2.75, 3.05) is 26.2 Å². The van der Waals surface area contributed by atoms with Gasteiger partial charge in [0.2, 0.25) is 0 Å². The maximum atomic E-state index is 12.9. The molecule has 2 aliphatic rings. The molecule has 4 rings (SSSR count). The lowest BCUT2D eigenvalue weighted by atomic mass is 9.90. The number of amides is 1. The van der Waals surface area contributed by atoms with Gasteiger partial charge in [-0.2, -0.15) is 0 Å². The number of benzene rings is 1. The van der Waals surface area contributed by atoms with Crippen LogP contribution in [-0.4, -0.2) is 58.0 Å². The molecule has 1 aromatic heterocycles. The molecule has 1 saturated carbocycles. The lowest BCUT2D eigenvalue weighted by Crippen LogP contribution is -2.35. The Bertz CT molecular complexity index is 950. The molecule has 1 aromatic carbocycles. The second-order valence-electron chi connectivity index (χ2n) is 8.75. The van der Waals surface area contributed by atoms with Crippen LogP contribution in [0.25, 0.3) is 0 Å². The van der Waals surface area contributed by atoms with Crippen LogP contribution in [0.5, 0.6) is 0 Å². The Kier molecular flexibility index (Phi) is 6.61. The number of likely N-dealkylation sites (tertiary alicyclic amines) is 1. The molecule has 0 radical (unpaired) electrons. The number of carboxylic acid groups (broad SMARTS) is 1. The minimum Gasteiger partial charge on any atom is -0.478 e. The van der Waals surface area contributed by atoms with Crippen molar-refractivity contribution in [3.8, 4) is 0 Å². The van der Waals surface area contributed by atoms with Gasteiger partial charge in [-0.1, -0.05) is 12.1 Å². The topological polar surface area (TPSA) is 95.4 Å². The number of nitrogens with zero attached hydrogens (tertiary/aromatic N) is 3. The van der Waals surface area contributed by atoms with E-state index in [9.17, 15) is 9.59 Å². The number of hydrogen-bond acceptors (Lipinski definition) is 5. The van der Waals surface area contributed by atoms with Gasteiger partial charge in [0.25, 0.3) is 5.91 Å². The van der Waals surface area contributed by atoms with Gasteiger partial charge in [-0.05, 0) is 75.7 Å². The minimum atomic E-state index is -0.949. The first-order chi connectivity index (χ1) is 15.0. The lowest BCUT2D eigenvalue weighted by molar-refractivity contribution is 0.0696. The zero-order chi connectivity index (χ0) is 21.8. The van der Waals surface area contributed by atoms with Crippen molar-refractivity contribution in [1.82, 2.24) is 20.2 Å². The Morgan fingerprint density at radius 3 is 2.68 bits per heavy atom. The number of carbonyl (C=O) groups excluding carboxylic acids is 1. The molecule has 164 valence electrons. The van der Waals surface area contributed by atoms with Crippen molar-refractivity contribution in [3.05, 3.63) is 58.7 Å². The number of carboxylic acids is 1. The van der Waals surface area contributed by atoms with Crippen LogP contribution in [0.2, 0.25) is 0 Å². The largest absolute Gasteiger partial charge is 0.478 e. The Labute approximate surface area is 182 Å². The molecule has 31 heavy (non-hydrogen) atoms. The number of aryl methyl sites for hydroxylation is 1. The normalized spacial score (nSPS) is 17.5. The molecular weight excluding hydrogens is 392 g/mol. The predicted molar refractivity (Wildman–Crippen MR) is 117 cm³/mol. The molecule has 0 atom stereocenters. The third-order valence-electron chi connectivity index (χ3n) is 6.24. The molecular formula is C24H30N4O3. The molecule has 0 bridgehead atoms. The van der Waals surface area contributed by atoms with Gasteiger partial charge < -0.3 is 15.3 Å². The van der Waals surface area contributed by atoms with Crippen molar-refractivity contribution in [2.45, 2.75) is 44.9 Å². The van der Waals surface area contributed by atoms with Crippen LogP contribution in [0.1, 0.15) is 69.4 Å². The quantitative estimate of drug-likeness (QED) is 0.679. The second kappa shape index (κ2) is 9.56. The van der Waals surface area contributed by atoms with Gasteiger partial charge in [0, 0.05) is 25.2 Å². The van der Waals surface area contributed by atoms with Crippen LogP contribution < -0.4 is 5.32 Å². The van der Waals surface area contributed by atoms with Crippen LogP contribution in [0.4, 0.5) is 0 Å². The maximum absolute atomic E-state index is 12.9. The molecule has 1 amide bonds. The number of rotatable bonds is 8. The predicted octanol–water partition coefficient (Wildman–Crippen LogP) is 3.05. The van der Waals surface area contributed by atoms with Crippen molar-refractivity contribution in [2.24, 2.45) is 5.92 Å². The zero-order valence-corrected chi connectivity index (χ0v) is 18.0. The molecule has 7 nitrogen and oxygen atoms in total. The Hall–Kier alpha value is -2.80.